The first-order chi connectivity index (χ1) is 8.16. The van der Waals surface area contributed by atoms with Gasteiger partial charge >= 0.3 is 0 Å². The molecule has 0 aliphatic rings. The summed E-state index contributed by atoms with van der Waals surface area (Å²) in [6, 6.07) is 16.3. The fourth-order valence-corrected chi connectivity index (χ4v) is 2.03. The van der Waals surface area contributed by atoms with Gasteiger partial charge in [-0.05, 0) is 29.7 Å². The Balaban J connectivity index is 2.48. The SMILES string of the molecule is CCC(O)(c1ccccc1)c1ccc(O)cc1. The van der Waals surface area contributed by atoms with E-state index in [1.807, 2.05) is 37.3 Å². The number of rotatable bonds is 3. The van der Waals surface area contributed by atoms with Gasteiger partial charge in [-0.25, -0.2) is 0 Å². The summed E-state index contributed by atoms with van der Waals surface area (Å²) in [7, 11) is 0. The maximum atomic E-state index is 10.8. The normalized spacial score (nSPS) is 14.2. The maximum absolute atomic E-state index is 10.8. The molecule has 0 amide bonds. The van der Waals surface area contributed by atoms with E-state index >= 15 is 0 Å². The van der Waals surface area contributed by atoms with Gasteiger partial charge in [0.1, 0.15) is 11.4 Å². The molecule has 2 nitrogen and oxygen atoms in total. The third-order valence-corrected chi connectivity index (χ3v) is 3.11. The van der Waals surface area contributed by atoms with E-state index in [1.165, 1.54) is 0 Å². The van der Waals surface area contributed by atoms with Gasteiger partial charge in [0, 0.05) is 0 Å². The number of aliphatic hydroxyl groups is 1. The average Bonchev–Trinajstić information content (AvgIpc) is 2.40. The molecule has 0 heterocycles. The summed E-state index contributed by atoms with van der Waals surface area (Å²) in [5.41, 5.74) is 0.673. The highest BCUT2D eigenvalue weighted by molar-refractivity contribution is 5.38. The Morgan fingerprint density at radius 1 is 0.882 bits per heavy atom. The molecule has 0 aliphatic heterocycles. The van der Waals surface area contributed by atoms with E-state index in [2.05, 4.69) is 0 Å². The molecule has 0 bridgehead atoms. The number of aromatic hydroxyl groups is 1. The van der Waals surface area contributed by atoms with E-state index in [1.54, 1.807) is 24.3 Å². The van der Waals surface area contributed by atoms with Gasteiger partial charge in [0.05, 0.1) is 0 Å². The second kappa shape index (κ2) is 4.60. The smallest absolute Gasteiger partial charge is 0.115 e. The lowest BCUT2D eigenvalue weighted by atomic mass is 9.84. The van der Waals surface area contributed by atoms with Crippen LogP contribution in [0.4, 0.5) is 0 Å². The van der Waals surface area contributed by atoms with E-state index < -0.39 is 5.60 Å². The van der Waals surface area contributed by atoms with Gasteiger partial charge in [0.2, 0.25) is 0 Å². The van der Waals surface area contributed by atoms with Crippen molar-refractivity contribution < 1.29 is 10.2 Å². The van der Waals surface area contributed by atoms with Gasteiger partial charge in [-0.2, -0.15) is 0 Å². The standard InChI is InChI=1S/C15H16O2/c1-2-15(17,12-6-4-3-5-7-12)13-8-10-14(16)11-9-13/h3-11,16-17H,2H2,1H3. The van der Waals surface area contributed by atoms with Crippen LogP contribution in [0.2, 0.25) is 0 Å². The lowest BCUT2D eigenvalue weighted by molar-refractivity contribution is 0.0765. The molecule has 0 saturated carbocycles. The molecule has 0 saturated heterocycles. The van der Waals surface area contributed by atoms with Crippen molar-refractivity contribution in [2.75, 3.05) is 0 Å². The highest BCUT2D eigenvalue weighted by Crippen LogP contribution is 2.33. The topological polar surface area (TPSA) is 40.5 Å². The second-order valence-electron chi connectivity index (χ2n) is 4.13. The molecule has 88 valence electrons. The third-order valence-electron chi connectivity index (χ3n) is 3.11. The minimum absolute atomic E-state index is 0.209. The van der Waals surface area contributed by atoms with Gasteiger partial charge < -0.3 is 10.2 Å². The van der Waals surface area contributed by atoms with Gasteiger partial charge in [0.15, 0.2) is 0 Å². The number of phenolic OH excluding ortho intramolecular Hbond substituents is 1. The minimum Gasteiger partial charge on any atom is -0.508 e. The Bertz CT molecular complexity index is 476. The number of hydrogen-bond acceptors (Lipinski definition) is 2. The van der Waals surface area contributed by atoms with E-state index in [-0.39, 0.29) is 5.75 Å². The molecule has 2 heteroatoms. The first kappa shape index (κ1) is 11.7. The summed E-state index contributed by atoms with van der Waals surface area (Å²) >= 11 is 0. The fourth-order valence-electron chi connectivity index (χ4n) is 2.03. The Morgan fingerprint density at radius 2 is 1.41 bits per heavy atom. The molecule has 1 atom stereocenters. The Kier molecular flexibility index (Phi) is 3.16. The molecule has 0 fully saturated rings. The van der Waals surface area contributed by atoms with Gasteiger partial charge in [-0.1, -0.05) is 49.4 Å². The van der Waals surface area contributed by atoms with Gasteiger partial charge in [0.25, 0.3) is 0 Å². The lowest BCUT2D eigenvalue weighted by Gasteiger charge is -2.28. The summed E-state index contributed by atoms with van der Waals surface area (Å²) in [5.74, 6) is 0.209. The van der Waals surface area contributed by atoms with Crippen LogP contribution in [0.5, 0.6) is 5.75 Å². The molecule has 0 aliphatic carbocycles. The van der Waals surface area contributed by atoms with Gasteiger partial charge in [-0.15, -0.1) is 0 Å². The summed E-state index contributed by atoms with van der Waals surface area (Å²) in [5, 5.41) is 20.1. The van der Waals surface area contributed by atoms with Crippen LogP contribution in [0.15, 0.2) is 54.6 Å². The van der Waals surface area contributed by atoms with E-state index in [4.69, 9.17) is 0 Å². The Labute approximate surface area is 101 Å². The minimum atomic E-state index is -0.991. The fraction of sp³-hybridized carbons (Fsp3) is 0.200. The third kappa shape index (κ3) is 2.17. The molecule has 17 heavy (non-hydrogen) atoms. The van der Waals surface area contributed by atoms with Crippen LogP contribution >= 0.6 is 0 Å². The summed E-state index contributed by atoms with van der Waals surface area (Å²) in [6.07, 6.45) is 0.585. The summed E-state index contributed by atoms with van der Waals surface area (Å²) in [6.45, 7) is 1.94. The van der Waals surface area contributed by atoms with Crippen LogP contribution in [-0.2, 0) is 5.60 Å². The zero-order chi connectivity index (χ0) is 12.3. The van der Waals surface area contributed by atoms with Crippen LogP contribution in [0.3, 0.4) is 0 Å². The average molecular weight is 228 g/mol. The predicted molar refractivity (Wildman–Crippen MR) is 67.8 cm³/mol. The van der Waals surface area contributed by atoms with Crippen LogP contribution in [0, 0.1) is 0 Å². The van der Waals surface area contributed by atoms with Crippen LogP contribution in [0.25, 0.3) is 0 Å². The molecule has 0 spiro atoms. The molecule has 0 radical (unpaired) electrons. The molecule has 1 unspecified atom stereocenters. The van der Waals surface area contributed by atoms with Crippen LogP contribution in [0.1, 0.15) is 24.5 Å². The molecular formula is C15H16O2. The summed E-state index contributed by atoms with van der Waals surface area (Å²) < 4.78 is 0. The van der Waals surface area contributed by atoms with E-state index in [0.717, 1.165) is 11.1 Å². The van der Waals surface area contributed by atoms with Crippen molar-refractivity contribution in [2.45, 2.75) is 18.9 Å². The molecule has 2 rings (SSSR count). The van der Waals surface area contributed by atoms with Crippen molar-refractivity contribution >= 4 is 0 Å². The maximum Gasteiger partial charge on any atom is 0.115 e. The molecule has 0 aromatic heterocycles. The van der Waals surface area contributed by atoms with Crippen molar-refractivity contribution in [1.82, 2.24) is 0 Å². The Hall–Kier alpha value is -1.80. The van der Waals surface area contributed by atoms with Crippen molar-refractivity contribution in [3.63, 3.8) is 0 Å². The molecule has 2 aromatic rings. The monoisotopic (exact) mass is 228 g/mol. The zero-order valence-electron chi connectivity index (χ0n) is 9.80. The first-order valence-electron chi connectivity index (χ1n) is 5.74. The molecule has 2 aromatic carbocycles. The second-order valence-corrected chi connectivity index (χ2v) is 4.13. The van der Waals surface area contributed by atoms with Crippen LogP contribution < -0.4 is 0 Å². The van der Waals surface area contributed by atoms with Crippen molar-refractivity contribution in [3.05, 3.63) is 65.7 Å². The predicted octanol–water partition coefficient (Wildman–Crippen LogP) is 3.04. The number of phenols is 1. The zero-order valence-corrected chi connectivity index (χ0v) is 9.80. The van der Waals surface area contributed by atoms with Crippen molar-refractivity contribution in [2.24, 2.45) is 0 Å². The lowest BCUT2D eigenvalue weighted by Crippen LogP contribution is -2.26. The largest absolute Gasteiger partial charge is 0.508 e. The molecule has 2 N–H and O–H groups in total. The van der Waals surface area contributed by atoms with Crippen molar-refractivity contribution in [3.8, 4) is 5.75 Å². The number of hydrogen-bond donors (Lipinski definition) is 2. The van der Waals surface area contributed by atoms with Crippen molar-refractivity contribution in [1.29, 1.82) is 0 Å². The quantitative estimate of drug-likeness (QED) is 0.847. The molecular weight excluding hydrogens is 212 g/mol. The Morgan fingerprint density at radius 3 is 1.94 bits per heavy atom. The van der Waals surface area contributed by atoms with E-state index in [0.29, 0.717) is 6.42 Å². The van der Waals surface area contributed by atoms with Crippen LogP contribution in [-0.4, -0.2) is 10.2 Å². The highest BCUT2D eigenvalue weighted by Gasteiger charge is 2.28. The van der Waals surface area contributed by atoms with Gasteiger partial charge in [-0.3, -0.25) is 0 Å². The summed E-state index contributed by atoms with van der Waals surface area (Å²) in [4.78, 5) is 0. The highest BCUT2D eigenvalue weighted by atomic mass is 16.3. The van der Waals surface area contributed by atoms with E-state index in [9.17, 15) is 10.2 Å². The number of benzene rings is 2. The first-order valence-corrected chi connectivity index (χ1v) is 5.74.